The van der Waals surface area contributed by atoms with E-state index in [0.29, 0.717) is 15.7 Å². The number of aromatic nitrogens is 3. The first-order chi connectivity index (χ1) is 11.4. The Hall–Kier alpha value is -2.55. The highest BCUT2D eigenvalue weighted by atomic mass is 32.1. The minimum atomic E-state index is -0.942. The van der Waals surface area contributed by atoms with Crippen molar-refractivity contribution in [3.63, 3.8) is 0 Å². The lowest BCUT2D eigenvalue weighted by molar-refractivity contribution is -0.136. The first-order valence-electron chi connectivity index (χ1n) is 7.16. The normalized spacial score (nSPS) is 11.1. The van der Waals surface area contributed by atoms with Gasteiger partial charge in [-0.2, -0.15) is 0 Å². The molecular weight excluding hydrogens is 338 g/mol. The molecule has 2 heterocycles. The van der Waals surface area contributed by atoms with Gasteiger partial charge in [-0.25, -0.2) is 18.3 Å². The molecular formula is C15H14F2N4O2S. The SMILES string of the molecule is Cc1cn2nc(N(CCC(=O)O)Cc3ccc(F)c(F)c3)sc2n1. The summed E-state index contributed by atoms with van der Waals surface area (Å²) < 4.78 is 28.1. The van der Waals surface area contributed by atoms with Crippen molar-refractivity contribution >= 4 is 27.4 Å². The van der Waals surface area contributed by atoms with E-state index in [9.17, 15) is 13.6 Å². The third-order valence-corrected chi connectivity index (χ3v) is 4.36. The maximum Gasteiger partial charge on any atom is 0.305 e. The van der Waals surface area contributed by atoms with Crippen molar-refractivity contribution in [2.75, 3.05) is 11.4 Å². The Balaban J connectivity index is 1.87. The number of fused-ring (bicyclic) bond motifs is 1. The van der Waals surface area contributed by atoms with Crippen LogP contribution in [-0.4, -0.2) is 32.2 Å². The van der Waals surface area contributed by atoms with Gasteiger partial charge in [0.25, 0.3) is 0 Å². The van der Waals surface area contributed by atoms with Gasteiger partial charge in [-0.3, -0.25) is 4.79 Å². The van der Waals surface area contributed by atoms with E-state index in [-0.39, 0.29) is 19.5 Å². The molecule has 6 nitrogen and oxygen atoms in total. The van der Waals surface area contributed by atoms with Crippen LogP contribution >= 0.6 is 11.3 Å². The zero-order valence-corrected chi connectivity index (χ0v) is 13.6. The number of aliphatic carboxylic acids is 1. The van der Waals surface area contributed by atoms with Crippen LogP contribution in [0.1, 0.15) is 17.7 Å². The van der Waals surface area contributed by atoms with Crippen LogP contribution in [0.15, 0.2) is 24.4 Å². The molecule has 0 bridgehead atoms. The molecule has 3 rings (SSSR count). The second kappa shape index (κ2) is 6.52. The number of imidazole rings is 1. The first-order valence-corrected chi connectivity index (χ1v) is 7.97. The van der Waals surface area contributed by atoms with Crippen molar-refractivity contribution in [2.24, 2.45) is 0 Å². The summed E-state index contributed by atoms with van der Waals surface area (Å²) >= 11 is 1.31. The highest BCUT2D eigenvalue weighted by molar-refractivity contribution is 7.20. The van der Waals surface area contributed by atoms with Crippen LogP contribution in [0.4, 0.5) is 13.9 Å². The van der Waals surface area contributed by atoms with E-state index in [1.54, 1.807) is 15.6 Å². The molecule has 0 aliphatic rings. The quantitative estimate of drug-likeness (QED) is 0.739. The lowest BCUT2D eigenvalue weighted by Crippen LogP contribution is -2.25. The van der Waals surface area contributed by atoms with E-state index < -0.39 is 17.6 Å². The highest BCUT2D eigenvalue weighted by Crippen LogP contribution is 2.25. The highest BCUT2D eigenvalue weighted by Gasteiger charge is 2.16. The molecule has 1 aromatic carbocycles. The molecule has 0 unspecified atom stereocenters. The van der Waals surface area contributed by atoms with E-state index in [4.69, 9.17) is 5.11 Å². The van der Waals surface area contributed by atoms with Crippen molar-refractivity contribution in [1.29, 1.82) is 0 Å². The summed E-state index contributed by atoms with van der Waals surface area (Å²) in [5, 5.41) is 13.9. The predicted octanol–water partition coefficient (Wildman–Crippen LogP) is 2.86. The molecule has 126 valence electrons. The first kappa shape index (κ1) is 16.3. The molecule has 0 atom stereocenters. The number of anilines is 1. The van der Waals surface area contributed by atoms with Crippen LogP contribution in [0, 0.1) is 18.6 Å². The summed E-state index contributed by atoms with van der Waals surface area (Å²) in [4.78, 5) is 17.6. The standard InChI is InChI=1S/C15H14F2N4O2S/c1-9-7-21-14(18-9)24-15(19-21)20(5-4-13(22)23)8-10-2-3-11(16)12(17)6-10/h2-3,6-7H,4-5,8H2,1H3,(H,22,23). The fourth-order valence-electron chi connectivity index (χ4n) is 2.26. The topological polar surface area (TPSA) is 70.7 Å². The number of halogens is 2. The lowest BCUT2D eigenvalue weighted by Gasteiger charge is -2.20. The molecule has 0 aliphatic carbocycles. The van der Waals surface area contributed by atoms with Gasteiger partial charge in [-0.1, -0.05) is 17.4 Å². The summed E-state index contributed by atoms with van der Waals surface area (Å²) in [6, 6.07) is 3.62. The van der Waals surface area contributed by atoms with Gasteiger partial charge in [0.15, 0.2) is 11.6 Å². The minimum Gasteiger partial charge on any atom is -0.481 e. The molecule has 0 spiro atoms. The molecule has 0 aliphatic heterocycles. The summed E-state index contributed by atoms with van der Waals surface area (Å²) in [7, 11) is 0. The van der Waals surface area contributed by atoms with Gasteiger partial charge >= 0.3 is 5.97 Å². The molecule has 9 heteroatoms. The van der Waals surface area contributed by atoms with Crippen LogP contribution in [0.25, 0.3) is 4.96 Å². The zero-order valence-electron chi connectivity index (χ0n) is 12.7. The van der Waals surface area contributed by atoms with Crippen molar-refractivity contribution in [3.05, 3.63) is 47.3 Å². The van der Waals surface area contributed by atoms with E-state index in [0.717, 1.165) is 17.8 Å². The molecule has 0 fully saturated rings. The number of rotatable bonds is 6. The average Bonchev–Trinajstić information content (AvgIpc) is 3.04. The summed E-state index contributed by atoms with van der Waals surface area (Å²) in [5.74, 6) is -2.79. The third kappa shape index (κ3) is 3.51. The van der Waals surface area contributed by atoms with Gasteiger partial charge in [0.05, 0.1) is 18.3 Å². The van der Waals surface area contributed by atoms with Crippen LogP contribution in [0.3, 0.4) is 0 Å². The number of carboxylic acids is 1. The Morgan fingerprint density at radius 1 is 1.38 bits per heavy atom. The molecule has 2 aromatic heterocycles. The number of aryl methyl sites for hydroxylation is 1. The second-order valence-corrected chi connectivity index (χ2v) is 6.24. The van der Waals surface area contributed by atoms with E-state index in [1.165, 1.54) is 17.4 Å². The van der Waals surface area contributed by atoms with Crippen molar-refractivity contribution in [1.82, 2.24) is 14.6 Å². The largest absolute Gasteiger partial charge is 0.481 e. The zero-order chi connectivity index (χ0) is 17.3. The van der Waals surface area contributed by atoms with Crippen LogP contribution < -0.4 is 4.90 Å². The fraction of sp³-hybridized carbons (Fsp3) is 0.267. The van der Waals surface area contributed by atoms with Gasteiger partial charge in [-0.05, 0) is 24.6 Å². The number of benzene rings is 1. The summed E-state index contributed by atoms with van der Waals surface area (Å²) in [6.45, 7) is 2.27. The second-order valence-electron chi connectivity index (χ2n) is 5.31. The maximum absolute atomic E-state index is 13.4. The average molecular weight is 352 g/mol. The number of carbonyl (C=O) groups is 1. The van der Waals surface area contributed by atoms with E-state index in [2.05, 4.69) is 10.1 Å². The molecule has 24 heavy (non-hydrogen) atoms. The molecule has 3 aromatic rings. The lowest BCUT2D eigenvalue weighted by atomic mass is 10.2. The van der Waals surface area contributed by atoms with Gasteiger partial charge in [0, 0.05) is 13.1 Å². The van der Waals surface area contributed by atoms with Gasteiger partial charge < -0.3 is 10.0 Å². The van der Waals surface area contributed by atoms with Crippen molar-refractivity contribution < 1.29 is 18.7 Å². The van der Waals surface area contributed by atoms with Crippen LogP contribution in [0.5, 0.6) is 0 Å². The number of hydrogen-bond donors (Lipinski definition) is 1. The Labute approximate surface area is 140 Å². The molecule has 0 saturated carbocycles. The third-order valence-electron chi connectivity index (χ3n) is 3.38. The van der Waals surface area contributed by atoms with E-state index in [1.807, 2.05) is 6.92 Å². The number of hydrogen-bond acceptors (Lipinski definition) is 5. The molecule has 1 N–H and O–H groups in total. The van der Waals surface area contributed by atoms with Crippen LogP contribution in [-0.2, 0) is 11.3 Å². The Bertz CT molecular complexity index is 861. The van der Waals surface area contributed by atoms with Gasteiger partial charge in [0.1, 0.15) is 0 Å². The van der Waals surface area contributed by atoms with Gasteiger partial charge in [-0.15, -0.1) is 5.10 Å². The molecule has 0 saturated heterocycles. The Morgan fingerprint density at radius 3 is 2.83 bits per heavy atom. The van der Waals surface area contributed by atoms with Gasteiger partial charge in [0.2, 0.25) is 10.1 Å². The fourth-order valence-corrected chi connectivity index (χ4v) is 3.21. The summed E-state index contributed by atoms with van der Waals surface area (Å²) in [6.07, 6.45) is 1.67. The maximum atomic E-state index is 13.4. The molecule has 0 radical (unpaired) electrons. The van der Waals surface area contributed by atoms with E-state index >= 15 is 0 Å². The smallest absolute Gasteiger partial charge is 0.305 e. The number of nitrogens with zero attached hydrogens (tertiary/aromatic N) is 4. The summed E-state index contributed by atoms with van der Waals surface area (Å²) in [5.41, 5.74) is 1.36. The minimum absolute atomic E-state index is 0.0927. The Kier molecular flexibility index (Phi) is 4.43. The number of carboxylic acid groups (broad SMARTS) is 1. The Morgan fingerprint density at radius 2 is 2.17 bits per heavy atom. The van der Waals surface area contributed by atoms with Crippen LogP contribution in [0.2, 0.25) is 0 Å². The van der Waals surface area contributed by atoms with Crippen molar-refractivity contribution in [3.8, 4) is 0 Å². The predicted molar refractivity (Wildman–Crippen MR) is 85.3 cm³/mol. The monoisotopic (exact) mass is 352 g/mol. The van der Waals surface area contributed by atoms with Crippen molar-refractivity contribution in [2.45, 2.75) is 19.9 Å². The molecule has 0 amide bonds.